The minimum absolute atomic E-state index is 0.102. The van der Waals surface area contributed by atoms with Crippen molar-refractivity contribution >= 4 is 11.5 Å². The predicted octanol–water partition coefficient (Wildman–Crippen LogP) is 7.38. The maximum Gasteiger partial charge on any atom is 0.263 e. The zero-order valence-corrected chi connectivity index (χ0v) is 22.8. The van der Waals surface area contributed by atoms with Crippen molar-refractivity contribution < 1.29 is 8.78 Å². The molecule has 0 unspecified atom stereocenters. The Kier molecular flexibility index (Phi) is 6.37. The van der Waals surface area contributed by atoms with E-state index in [-0.39, 0.29) is 11.0 Å². The third kappa shape index (κ3) is 4.45. The number of aromatic nitrogens is 1. The normalized spacial score (nSPS) is 22.4. The van der Waals surface area contributed by atoms with Crippen LogP contribution in [0.5, 0.6) is 0 Å². The zero-order chi connectivity index (χ0) is 26.7. The minimum atomic E-state index is -2.45. The van der Waals surface area contributed by atoms with E-state index in [0.29, 0.717) is 11.5 Å². The molecule has 2 fully saturated rings. The highest BCUT2D eigenvalue weighted by Gasteiger charge is 2.45. The number of hydrogen-bond donors (Lipinski definition) is 1. The van der Waals surface area contributed by atoms with Crippen molar-refractivity contribution in [1.82, 2.24) is 9.88 Å². The molecule has 1 N–H and O–H groups in total. The number of benzene rings is 1. The van der Waals surface area contributed by atoms with Crippen LogP contribution in [0.2, 0.25) is 0 Å². The van der Waals surface area contributed by atoms with Crippen molar-refractivity contribution in [1.29, 1.82) is 0 Å². The summed E-state index contributed by atoms with van der Waals surface area (Å²) in [7, 11) is 0. The van der Waals surface area contributed by atoms with Crippen molar-refractivity contribution in [2.45, 2.75) is 83.1 Å². The first-order chi connectivity index (χ1) is 18.1. The van der Waals surface area contributed by atoms with Crippen LogP contribution in [0.4, 0.5) is 20.3 Å². The Morgan fingerprint density at radius 2 is 1.87 bits per heavy atom. The number of halogens is 2. The highest BCUT2D eigenvalue weighted by Crippen LogP contribution is 2.50. The summed E-state index contributed by atoms with van der Waals surface area (Å²) in [5.74, 6) is 1.13. The summed E-state index contributed by atoms with van der Waals surface area (Å²) in [4.78, 5) is 9.89. The Bertz CT molecular complexity index is 1250. The van der Waals surface area contributed by atoms with E-state index in [0.717, 1.165) is 80.9 Å². The van der Waals surface area contributed by atoms with Gasteiger partial charge in [0.15, 0.2) is 0 Å². The van der Waals surface area contributed by atoms with Crippen LogP contribution in [0.3, 0.4) is 0 Å². The first kappa shape index (κ1) is 25.5. The summed E-state index contributed by atoms with van der Waals surface area (Å²) < 4.78 is 26.8. The first-order valence-electron chi connectivity index (χ1n) is 14.2. The summed E-state index contributed by atoms with van der Waals surface area (Å²) in [6.07, 6.45) is 8.02. The van der Waals surface area contributed by atoms with E-state index in [9.17, 15) is 8.78 Å². The van der Waals surface area contributed by atoms with Gasteiger partial charge in [-0.15, -0.1) is 0 Å². The average molecular weight is 519 g/mol. The summed E-state index contributed by atoms with van der Waals surface area (Å²) in [6.45, 7) is 16.3. The summed E-state index contributed by atoms with van der Waals surface area (Å²) >= 11 is 0. The molecule has 4 nitrogen and oxygen atoms in total. The molecular weight excluding hydrogens is 478 g/mol. The number of likely N-dealkylation sites (tertiary alicyclic amines) is 1. The van der Waals surface area contributed by atoms with Gasteiger partial charge in [0.2, 0.25) is 0 Å². The van der Waals surface area contributed by atoms with Crippen LogP contribution < -0.4 is 10.2 Å². The lowest BCUT2D eigenvalue weighted by Gasteiger charge is -2.50. The lowest BCUT2D eigenvalue weighted by atomic mass is 9.67. The fraction of sp³-hybridized carbons (Fsp3) is 0.531. The molecule has 4 heterocycles. The van der Waals surface area contributed by atoms with Crippen LogP contribution in [0.1, 0.15) is 81.1 Å². The molecule has 4 aliphatic rings. The Labute approximate surface area is 225 Å². The van der Waals surface area contributed by atoms with Gasteiger partial charge in [0.05, 0.1) is 0 Å². The van der Waals surface area contributed by atoms with Crippen LogP contribution in [0.15, 0.2) is 55.0 Å². The fourth-order valence-corrected chi connectivity index (χ4v) is 7.35. The average Bonchev–Trinajstić information content (AvgIpc) is 3.14. The van der Waals surface area contributed by atoms with E-state index in [1.165, 1.54) is 35.7 Å². The molecule has 6 rings (SSSR count). The number of anilines is 2. The molecule has 1 aromatic carbocycles. The fourth-order valence-electron chi connectivity index (χ4n) is 7.35. The summed E-state index contributed by atoms with van der Waals surface area (Å²) in [6, 6.07) is 7.93. The van der Waals surface area contributed by atoms with Gasteiger partial charge in [0, 0.05) is 40.3 Å². The van der Waals surface area contributed by atoms with Gasteiger partial charge in [0.25, 0.3) is 6.43 Å². The Morgan fingerprint density at radius 3 is 2.58 bits per heavy atom. The molecule has 0 radical (unpaired) electrons. The topological polar surface area (TPSA) is 31.4 Å². The van der Waals surface area contributed by atoms with Crippen LogP contribution in [0.25, 0.3) is 0 Å². The van der Waals surface area contributed by atoms with Gasteiger partial charge in [-0.3, -0.25) is 0 Å². The van der Waals surface area contributed by atoms with Gasteiger partial charge in [-0.25, -0.2) is 13.8 Å². The van der Waals surface area contributed by atoms with Gasteiger partial charge in [-0.2, -0.15) is 0 Å². The number of allylic oxidation sites excluding steroid dienone is 2. The molecule has 6 heteroatoms. The van der Waals surface area contributed by atoms with Gasteiger partial charge in [0.1, 0.15) is 5.82 Å². The number of fused-ring (bicyclic) bond motifs is 3. The molecule has 0 atom stereocenters. The smallest absolute Gasteiger partial charge is 0.263 e. The third-order valence-electron chi connectivity index (χ3n) is 9.52. The highest BCUT2D eigenvalue weighted by atomic mass is 19.3. The predicted molar refractivity (Wildman–Crippen MR) is 151 cm³/mol. The lowest BCUT2D eigenvalue weighted by molar-refractivity contribution is 0.149. The Morgan fingerprint density at radius 1 is 1.11 bits per heavy atom. The van der Waals surface area contributed by atoms with Crippen molar-refractivity contribution in [2.24, 2.45) is 5.41 Å². The second-order valence-electron chi connectivity index (χ2n) is 12.7. The second kappa shape index (κ2) is 9.48. The maximum absolute atomic E-state index is 13.4. The van der Waals surface area contributed by atoms with Crippen molar-refractivity contribution in [2.75, 3.05) is 29.9 Å². The van der Waals surface area contributed by atoms with Crippen molar-refractivity contribution in [3.8, 4) is 0 Å². The van der Waals surface area contributed by atoms with Gasteiger partial charge in [-0.1, -0.05) is 39.1 Å². The second-order valence-corrected chi connectivity index (χ2v) is 12.7. The SMILES string of the molecule is C=C1CCc2cc(CCCN3CCC4(CC3)C(=C)Nc3ccc(C(F)F)cc34)cnc2N1C1CC(C)(C)C1. The number of nitrogens with one attached hydrogen (secondary N) is 1. The molecule has 3 aliphatic heterocycles. The number of piperidine rings is 1. The quantitative estimate of drug-likeness (QED) is 0.432. The van der Waals surface area contributed by atoms with Gasteiger partial charge in [-0.05, 0) is 105 Å². The number of alkyl halides is 2. The van der Waals surface area contributed by atoms with E-state index in [4.69, 9.17) is 4.98 Å². The zero-order valence-electron chi connectivity index (χ0n) is 22.8. The minimum Gasteiger partial charge on any atom is -0.358 e. The lowest BCUT2D eigenvalue weighted by Crippen LogP contribution is -2.49. The maximum atomic E-state index is 13.4. The van der Waals surface area contributed by atoms with Gasteiger partial charge < -0.3 is 15.1 Å². The Hall–Kier alpha value is -2.73. The van der Waals surface area contributed by atoms with E-state index >= 15 is 0 Å². The molecule has 202 valence electrons. The van der Waals surface area contributed by atoms with Crippen LogP contribution in [-0.2, 0) is 18.3 Å². The summed E-state index contributed by atoms with van der Waals surface area (Å²) in [5.41, 5.74) is 7.10. The molecular formula is C32H40F2N4. The molecule has 1 saturated heterocycles. The summed E-state index contributed by atoms with van der Waals surface area (Å²) in [5, 5.41) is 3.38. The van der Waals surface area contributed by atoms with Crippen LogP contribution >= 0.6 is 0 Å². The highest BCUT2D eigenvalue weighted by molar-refractivity contribution is 5.69. The van der Waals surface area contributed by atoms with Gasteiger partial charge >= 0.3 is 0 Å². The standard InChI is InChI=1S/C32H40F2N4/c1-21-7-8-25-16-23(20-35-30(25)38(21)26-18-31(3,4)19-26)6-5-13-37-14-11-32(12-15-37)22(2)36-28-10-9-24(29(33)34)17-27(28)32/h9-10,16-17,20,26,29,36H,1-2,5-8,11-15,18-19H2,3-4H3. The molecule has 2 aromatic rings. The molecule has 1 saturated carbocycles. The van der Waals surface area contributed by atoms with E-state index in [1.807, 2.05) is 0 Å². The number of hydrogen-bond acceptors (Lipinski definition) is 4. The number of pyridine rings is 1. The molecule has 1 aliphatic carbocycles. The molecule has 1 aromatic heterocycles. The van der Waals surface area contributed by atoms with Crippen LogP contribution in [-0.4, -0.2) is 35.6 Å². The third-order valence-corrected chi connectivity index (χ3v) is 9.52. The van der Waals surface area contributed by atoms with Crippen molar-refractivity contribution in [3.05, 3.63) is 77.3 Å². The van der Waals surface area contributed by atoms with Crippen molar-refractivity contribution in [3.63, 3.8) is 0 Å². The molecule has 0 bridgehead atoms. The monoisotopic (exact) mass is 518 g/mol. The number of aryl methyl sites for hydroxylation is 2. The largest absolute Gasteiger partial charge is 0.358 e. The first-order valence-corrected chi connectivity index (χ1v) is 14.2. The van der Waals surface area contributed by atoms with Crippen LogP contribution in [0, 0.1) is 5.41 Å². The number of nitrogens with zero attached hydrogens (tertiary/aromatic N) is 3. The van der Waals surface area contributed by atoms with E-state index < -0.39 is 6.43 Å². The molecule has 38 heavy (non-hydrogen) atoms. The molecule has 0 amide bonds. The van der Waals surface area contributed by atoms with E-state index in [1.54, 1.807) is 12.1 Å². The number of rotatable bonds is 6. The van der Waals surface area contributed by atoms with E-state index in [2.05, 4.69) is 54.4 Å². The Balaban J connectivity index is 1.05. The molecule has 1 spiro atoms.